The van der Waals surface area contributed by atoms with E-state index in [2.05, 4.69) is 15.4 Å². The van der Waals surface area contributed by atoms with Crippen LogP contribution in [0.15, 0.2) is 24.3 Å². The number of amides is 3. The van der Waals surface area contributed by atoms with Crippen LogP contribution in [0.25, 0.3) is 0 Å². The minimum atomic E-state index is -1.31. The van der Waals surface area contributed by atoms with Gasteiger partial charge in [-0.2, -0.15) is 11.8 Å². The van der Waals surface area contributed by atoms with Gasteiger partial charge in [0.05, 0.1) is 7.11 Å². The number of nitrogens with zero attached hydrogens (tertiary/aromatic N) is 1. The first kappa shape index (κ1) is 31.1. The zero-order chi connectivity index (χ0) is 27.7. The van der Waals surface area contributed by atoms with Crippen LogP contribution < -0.4 is 10.6 Å². The monoisotopic (exact) mass is 525 g/mol. The molecule has 2 atom stereocenters. The number of esters is 1. The first-order chi connectivity index (χ1) is 16.6. The van der Waals surface area contributed by atoms with Gasteiger partial charge < -0.3 is 30.1 Å². The zero-order valence-electron chi connectivity index (χ0n) is 22.3. The van der Waals surface area contributed by atoms with Gasteiger partial charge in [0.2, 0.25) is 11.8 Å². The molecule has 0 heterocycles. The van der Waals surface area contributed by atoms with E-state index in [9.17, 15) is 24.3 Å². The Bertz CT molecular complexity index is 925. The van der Waals surface area contributed by atoms with Gasteiger partial charge in [0.15, 0.2) is 0 Å². The van der Waals surface area contributed by atoms with Crippen molar-refractivity contribution in [1.29, 1.82) is 0 Å². The summed E-state index contributed by atoms with van der Waals surface area (Å²) >= 11 is 1.50. The smallest absolute Gasteiger partial charge is 0.408 e. The molecule has 0 aromatic heterocycles. The lowest BCUT2D eigenvalue weighted by atomic mass is 9.94. The fraction of sp³-hybridized carbons (Fsp3) is 0.600. The van der Waals surface area contributed by atoms with E-state index in [-0.39, 0.29) is 17.7 Å². The molecule has 2 unspecified atom stereocenters. The third kappa shape index (κ3) is 9.60. The predicted octanol–water partition coefficient (Wildman–Crippen LogP) is 3.00. The molecule has 0 aliphatic carbocycles. The maximum absolute atomic E-state index is 14.0. The summed E-state index contributed by atoms with van der Waals surface area (Å²) in [5.41, 5.74) is -1.53. The Balaban J connectivity index is 3.54. The van der Waals surface area contributed by atoms with Gasteiger partial charge >= 0.3 is 12.1 Å². The molecule has 0 aliphatic heterocycles. The number of alkyl carbamates (subject to hydrolysis) is 1. The molecular weight excluding hydrogens is 486 g/mol. The number of ether oxygens (including phenoxy) is 2. The van der Waals surface area contributed by atoms with E-state index in [1.807, 2.05) is 6.26 Å². The Morgan fingerprint density at radius 1 is 1.08 bits per heavy atom. The molecule has 202 valence electrons. The average molecular weight is 526 g/mol. The highest BCUT2D eigenvalue weighted by atomic mass is 32.2. The van der Waals surface area contributed by atoms with Gasteiger partial charge in [-0.3, -0.25) is 14.4 Å². The topological polar surface area (TPSA) is 134 Å². The van der Waals surface area contributed by atoms with Crippen LogP contribution in [0, 0.1) is 0 Å². The summed E-state index contributed by atoms with van der Waals surface area (Å²) in [6.45, 7) is 9.95. The Kier molecular flexibility index (Phi) is 11.6. The summed E-state index contributed by atoms with van der Waals surface area (Å²) in [5.74, 6) is -1.54. The lowest BCUT2D eigenvalue weighted by Gasteiger charge is -2.43. The second kappa shape index (κ2) is 13.4. The standard InChI is InChI=1S/C25H39N3O7S/c1-24(2,3)28(22(32)17(13-14-36-8)27-23(33)35-25(4,5)6)20(16-11-9-10-12-18(16)29)21(31)26-15-19(30)34-7/h9-12,17,20,29H,13-15H2,1-8H3,(H,26,31)(H,27,33). The molecule has 36 heavy (non-hydrogen) atoms. The highest BCUT2D eigenvalue weighted by Crippen LogP contribution is 2.34. The molecule has 0 aliphatic rings. The van der Waals surface area contributed by atoms with Crippen LogP contribution >= 0.6 is 11.8 Å². The summed E-state index contributed by atoms with van der Waals surface area (Å²) in [6.07, 6.45) is 1.40. The molecule has 11 heteroatoms. The minimum Gasteiger partial charge on any atom is -0.508 e. The predicted molar refractivity (Wildman–Crippen MR) is 139 cm³/mol. The van der Waals surface area contributed by atoms with Gasteiger partial charge in [0.25, 0.3) is 0 Å². The second-order valence-corrected chi connectivity index (χ2v) is 11.1. The first-order valence-corrected chi connectivity index (χ1v) is 13.0. The Hall–Kier alpha value is -2.95. The lowest BCUT2D eigenvalue weighted by Crippen LogP contribution is -2.59. The Morgan fingerprint density at radius 2 is 1.69 bits per heavy atom. The van der Waals surface area contributed by atoms with E-state index in [0.29, 0.717) is 5.75 Å². The molecule has 1 aromatic rings. The summed E-state index contributed by atoms with van der Waals surface area (Å²) in [6, 6.07) is 3.85. The van der Waals surface area contributed by atoms with Crippen LogP contribution in [0.5, 0.6) is 5.75 Å². The third-order valence-corrected chi connectivity index (χ3v) is 5.58. The summed E-state index contributed by atoms with van der Waals surface area (Å²) in [7, 11) is 1.19. The zero-order valence-corrected chi connectivity index (χ0v) is 23.2. The van der Waals surface area contributed by atoms with Crippen molar-refractivity contribution in [3.05, 3.63) is 29.8 Å². The molecule has 0 saturated carbocycles. The number of phenols is 1. The molecule has 0 saturated heterocycles. The number of hydrogen-bond acceptors (Lipinski definition) is 8. The normalized spacial score (nSPS) is 13.2. The van der Waals surface area contributed by atoms with Crippen molar-refractivity contribution in [3.8, 4) is 5.75 Å². The van der Waals surface area contributed by atoms with Crippen LogP contribution in [0.1, 0.15) is 59.6 Å². The van der Waals surface area contributed by atoms with E-state index in [0.717, 1.165) is 0 Å². The number of benzene rings is 1. The van der Waals surface area contributed by atoms with Gasteiger partial charge in [0.1, 0.15) is 30.0 Å². The van der Waals surface area contributed by atoms with Gasteiger partial charge in [-0.15, -0.1) is 0 Å². The molecule has 1 rings (SSSR count). The number of thioether (sulfide) groups is 1. The third-order valence-electron chi connectivity index (χ3n) is 4.93. The van der Waals surface area contributed by atoms with E-state index >= 15 is 0 Å². The van der Waals surface area contributed by atoms with Gasteiger partial charge in [-0.25, -0.2) is 4.79 Å². The average Bonchev–Trinajstić information content (AvgIpc) is 2.76. The van der Waals surface area contributed by atoms with Crippen molar-refractivity contribution in [2.24, 2.45) is 0 Å². The van der Waals surface area contributed by atoms with Gasteiger partial charge in [-0.05, 0) is 66.0 Å². The van der Waals surface area contributed by atoms with Crippen molar-refractivity contribution in [2.45, 2.75) is 71.2 Å². The number of hydrogen-bond donors (Lipinski definition) is 3. The molecule has 3 amide bonds. The van der Waals surface area contributed by atoms with Crippen LogP contribution in [-0.4, -0.2) is 76.7 Å². The Morgan fingerprint density at radius 3 is 2.19 bits per heavy atom. The largest absolute Gasteiger partial charge is 0.508 e. The molecule has 0 spiro atoms. The Labute approximate surface area is 217 Å². The van der Waals surface area contributed by atoms with Gasteiger partial charge in [0, 0.05) is 11.1 Å². The quantitative estimate of drug-likeness (QED) is 0.397. The van der Waals surface area contributed by atoms with Crippen molar-refractivity contribution in [3.63, 3.8) is 0 Å². The van der Waals surface area contributed by atoms with Crippen LogP contribution in [0.3, 0.4) is 0 Å². The van der Waals surface area contributed by atoms with Crippen molar-refractivity contribution in [1.82, 2.24) is 15.5 Å². The number of methoxy groups -OCH3 is 1. The van der Waals surface area contributed by atoms with Crippen molar-refractivity contribution in [2.75, 3.05) is 25.7 Å². The number of aromatic hydroxyl groups is 1. The molecular formula is C25H39N3O7S. The fourth-order valence-corrected chi connectivity index (χ4v) is 3.87. The van der Waals surface area contributed by atoms with Gasteiger partial charge in [-0.1, -0.05) is 18.2 Å². The summed E-state index contributed by atoms with van der Waals surface area (Å²) in [5, 5.41) is 15.7. The lowest BCUT2D eigenvalue weighted by molar-refractivity contribution is -0.149. The molecule has 10 nitrogen and oxygen atoms in total. The van der Waals surface area contributed by atoms with E-state index in [1.165, 1.54) is 35.9 Å². The SMILES string of the molecule is COC(=O)CNC(=O)C(c1ccccc1O)N(C(=O)C(CCSC)NC(=O)OC(C)(C)C)C(C)(C)C. The second-order valence-electron chi connectivity index (χ2n) is 10.1. The van der Waals surface area contributed by atoms with Crippen LogP contribution in [-0.2, 0) is 23.9 Å². The highest BCUT2D eigenvalue weighted by Gasteiger charge is 2.42. The first-order valence-electron chi connectivity index (χ1n) is 11.6. The van der Waals surface area contributed by atoms with Crippen LogP contribution in [0.2, 0.25) is 0 Å². The molecule has 1 aromatic carbocycles. The maximum Gasteiger partial charge on any atom is 0.408 e. The molecule has 3 N–H and O–H groups in total. The number of carbonyl (C=O) groups excluding carboxylic acids is 4. The maximum atomic E-state index is 14.0. The number of para-hydroxylation sites is 1. The van der Waals surface area contributed by atoms with Crippen LogP contribution in [0.4, 0.5) is 4.79 Å². The number of phenolic OH excluding ortho intramolecular Hbond substituents is 1. The minimum absolute atomic E-state index is 0.170. The number of carbonyl (C=O) groups is 4. The van der Waals surface area contributed by atoms with Crippen molar-refractivity contribution >= 4 is 35.6 Å². The number of rotatable bonds is 10. The fourth-order valence-electron chi connectivity index (χ4n) is 3.40. The summed E-state index contributed by atoms with van der Waals surface area (Å²) < 4.78 is 9.96. The highest BCUT2D eigenvalue weighted by molar-refractivity contribution is 7.98. The van der Waals surface area contributed by atoms with Crippen molar-refractivity contribution < 1.29 is 33.8 Å². The van der Waals surface area contributed by atoms with E-state index in [4.69, 9.17) is 4.74 Å². The van der Waals surface area contributed by atoms with E-state index in [1.54, 1.807) is 53.7 Å². The molecule has 0 fully saturated rings. The number of nitrogens with one attached hydrogen (secondary N) is 2. The molecule has 0 bridgehead atoms. The summed E-state index contributed by atoms with van der Waals surface area (Å²) in [4.78, 5) is 53.0. The molecule has 0 radical (unpaired) electrons. The van der Waals surface area contributed by atoms with E-state index < -0.39 is 53.6 Å².